The molecule has 3 nitrogen and oxygen atoms in total. The van der Waals surface area contributed by atoms with Gasteiger partial charge in [-0.05, 0) is 33.6 Å². The van der Waals surface area contributed by atoms with Gasteiger partial charge in [0.1, 0.15) is 11.7 Å². The second kappa shape index (κ2) is 5.13. The van der Waals surface area contributed by atoms with Crippen molar-refractivity contribution in [2.75, 3.05) is 0 Å². The molecule has 0 radical (unpaired) electrons. The Labute approximate surface area is 115 Å². The van der Waals surface area contributed by atoms with Crippen LogP contribution in [0.25, 0.3) is 0 Å². The molecule has 3 heteroatoms. The van der Waals surface area contributed by atoms with Gasteiger partial charge in [-0.1, -0.05) is 30.1 Å². The van der Waals surface area contributed by atoms with E-state index in [9.17, 15) is 15.3 Å². The molecule has 3 N–H and O–H groups in total. The van der Waals surface area contributed by atoms with Gasteiger partial charge in [-0.15, -0.1) is 6.58 Å². The summed E-state index contributed by atoms with van der Waals surface area (Å²) in [4.78, 5) is 0. The lowest BCUT2D eigenvalue weighted by Gasteiger charge is -2.35. The van der Waals surface area contributed by atoms with Gasteiger partial charge in [-0.3, -0.25) is 0 Å². The van der Waals surface area contributed by atoms with Crippen molar-refractivity contribution in [1.29, 1.82) is 0 Å². The predicted octanol–water partition coefficient (Wildman–Crippen LogP) is 1.79. The van der Waals surface area contributed by atoms with Crippen molar-refractivity contribution in [3.8, 4) is 11.8 Å². The summed E-state index contributed by atoms with van der Waals surface area (Å²) in [7, 11) is 0. The second-order valence-electron chi connectivity index (χ2n) is 5.97. The molecule has 19 heavy (non-hydrogen) atoms. The minimum atomic E-state index is -1.31. The van der Waals surface area contributed by atoms with Crippen LogP contribution >= 0.6 is 0 Å². The molecule has 1 fully saturated rings. The van der Waals surface area contributed by atoms with Crippen molar-refractivity contribution in [2.45, 2.75) is 57.3 Å². The van der Waals surface area contributed by atoms with Crippen LogP contribution in [0.2, 0.25) is 0 Å². The van der Waals surface area contributed by atoms with E-state index in [4.69, 9.17) is 0 Å². The van der Waals surface area contributed by atoms with Crippen LogP contribution in [0, 0.1) is 17.3 Å². The summed E-state index contributed by atoms with van der Waals surface area (Å²) in [6, 6.07) is 0. The Bertz CT molecular complexity index is 431. The summed E-state index contributed by atoms with van der Waals surface area (Å²) in [6.07, 6.45) is 2.05. The van der Waals surface area contributed by atoms with Crippen LogP contribution in [-0.2, 0) is 0 Å². The first-order chi connectivity index (χ1) is 8.59. The maximum atomic E-state index is 10.5. The molecule has 3 atom stereocenters. The maximum absolute atomic E-state index is 10.5. The van der Waals surface area contributed by atoms with Gasteiger partial charge in [-0.25, -0.2) is 0 Å². The molecule has 0 aromatic heterocycles. The van der Waals surface area contributed by atoms with E-state index in [0.717, 1.165) is 18.4 Å². The van der Waals surface area contributed by atoms with Crippen molar-refractivity contribution in [3.05, 3.63) is 24.8 Å². The Morgan fingerprint density at radius 2 is 1.95 bits per heavy atom. The first-order valence-electron chi connectivity index (χ1n) is 6.50. The van der Waals surface area contributed by atoms with E-state index >= 15 is 0 Å². The van der Waals surface area contributed by atoms with Gasteiger partial charge < -0.3 is 15.3 Å². The molecule has 1 saturated carbocycles. The molecular weight excluding hydrogens is 240 g/mol. The molecule has 0 aliphatic heterocycles. The van der Waals surface area contributed by atoms with Gasteiger partial charge in [0, 0.05) is 11.8 Å². The molecule has 0 heterocycles. The van der Waals surface area contributed by atoms with Gasteiger partial charge >= 0.3 is 0 Å². The zero-order chi connectivity index (χ0) is 14.9. The zero-order valence-electron chi connectivity index (χ0n) is 12.0. The quantitative estimate of drug-likeness (QED) is 0.524. The van der Waals surface area contributed by atoms with Gasteiger partial charge in [0.25, 0.3) is 0 Å². The Hall–Kier alpha value is -1.08. The summed E-state index contributed by atoms with van der Waals surface area (Å²) in [6.45, 7) is 12.5. The van der Waals surface area contributed by atoms with Gasteiger partial charge in [-0.2, -0.15) is 0 Å². The average Bonchev–Trinajstić information content (AvgIpc) is 3.09. The third-order valence-electron chi connectivity index (χ3n) is 4.19. The number of aliphatic hydroxyl groups excluding tert-OH is 1. The number of aliphatic hydroxyl groups is 3. The molecule has 0 aromatic rings. The standard InChI is InChI=1S/C16H24O3/c1-6-14(4,18)9-7-8-13(17)15(5,19)16(10-11-16)12(2)3/h6,13,17-19H,1-2,9-11H2,3-5H3/t13-,14?,15-/m0/s1. The van der Waals surface area contributed by atoms with E-state index in [1.807, 2.05) is 6.92 Å². The van der Waals surface area contributed by atoms with Crippen LogP contribution in [-0.4, -0.2) is 32.6 Å². The van der Waals surface area contributed by atoms with E-state index < -0.39 is 22.7 Å². The highest BCUT2D eigenvalue weighted by Crippen LogP contribution is 2.59. The number of hydrogen-bond donors (Lipinski definition) is 3. The molecule has 106 valence electrons. The normalized spacial score (nSPS) is 24.1. The van der Waals surface area contributed by atoms with Crippen molar-refractivity contribution < 1.29 is 15.3 Å². The van der Waals surface area contributed by atoms with Crippen LogP contribution in [0.1, 0.15) is 40.0 Å². The van der Waals surface area contributed by atoms with Crippen LogP contribution in [0.3, 0.4) is 0 Å². The van der Waals surface area contributed by atoms with E-state index in [0.29, 0.717) is 0 Å². The second-order valence-corrected chi connectivity index (χ2v) is 5.97. The first-order valence-corrected chi connectivity index (χ1v) is 6.50. The average molecular weight is 264 g/mol. The summed E-state index contributed by atoms with van der Waals surface area (Å²) < 4.78 is 0. The molecule has 0 saturated heterocycles. The smallest absolute Gasteiger partial charge is 0.143 e. The van der Waals surface area contributed by atoms with Crippen molar-refractivity contribution >= 4 is 0 Å². The lowest BCUT2D eigenvalue weighted by molar-refractivity contribution is -0.0760. The largest absolute Gasteiger partial charge is 0.385 e. The Morgan fingerprint density at radius 1 is 1.42 bits per heavy atom. The van der Waals surface area contributed by atoms with E-state index in [2.05, 4.69) is 25.0 Å². The lowest BCUT2D eigenvalue weighted by Crippen LogP contribution is -2.47. The highest BCUT2D eigenvalue weighted by atomic mass is 16.3. The van der Waals surface area contributed by atoms with E-state index in [-0.39, 0.29) is 6.42 Å². The Kier molecular flexibility index (Phi) is 4.31. The molecule has 1 unspecified atom stereocenters. The fraction of sp³-hybridized carbons (Fsp3) is 0.625. The molecular formula is C16H24O3. The minimum Gasteiger partial charge on any atom is -0.385 e. The van der Waals surface area contributed by atoms with Crippen LogP contribution in [0.5, 0.6) is 0 Å². The van der Waals surface area contributed by atoms with Crippen molar-refractivity contribution in [3.63, 3.8) is 0 Å². The monoisotopic (exact) mass is 264 g/mol. The topological polar surface area (TPSA) is 60.7 Å². The third-order valence-corrected chi connectivity index (χ3v) is 4.19. The summed E-state index contributed by atoms with van der Waals surface area (Å²) in [5, 5.41) is 30.4. The summed E-state index contributed by atoms with van der Waals surface area (Å²) in [5.41, 5.74) is -1.95. The molecule has 1 rings (SSSR count). The molecule has 0 aromatic carbocycles. The van der Waals surface area contributed by atoms with Crippen LogP contribution < -0.4 is 0 Å². The highest BCUT2D eigenvalue weighted by Gasteiger charge is 2.59. The van der Waals surface area contributed by atoms with Gasteiger partial charge in [0.2, 0.25) is 0 Å². The van der Waals surface area contributed by atoms with E-state index in [1.54, 1.807) is 13.8 Å². The molecule has 0 spiro atoms. The third kappa shape index (κ3) is 3.09. The highest BCUT2D eigenvalue weighted by molar-refractivity contribution is 5.29. The molecule has 0 bridgehead atoms. The van der Waals surface area contributed by atoms with E-state index in [1.165, 1.54) is 6.08 Å². The predicted molar refractivity (Wildman–Crippen MR) is 76.3 cm³/mol. The van der Waals surface area contributed by atoms with Crippen LogP contribution in [0.15, 0.2) is 24.8 Å². The zero-order valence-corrected chi connectivity index (χ0v) is 12.0. The number of rotatable bonds is 5. The van der Waals surface area contributed by atoms with Gasteiger partial charge in [0.15, 0.2) is 0 Å². The Morgan fingerprint density at radius 3 is 2.32 bits per heavy atom. The summed E-state index contributed by atoms with van der Waals surface area (Å²) in [5.74, 6) is 5.33. The lowest BCUT2D eigenvalue weighted by atomic mass is 9.77. The van der Waals surface area contributed by atoms with Gasteiger partial charge in [0.05, 0.1) is 5.60 Å². The summed E-state index contributed by atoms with van der Waals surface area (Å²) >= 11 is 0. The molecule has 0 amide bonds. The first kappa shape index (κ1) is 16.0. The maximum Gasteiger partial charge on any atom is 0.143 e. The van der Waals surface area contributed by atoms with Crippen molar-refractivity contribution in [1.82, 2.24) is 0 Å². The van der Waals surface area contributed by atoms with Crippen LogP contribution in [0.4, 0.5) is 0 Å². The molecule has 1 aliphatic rings. The van der Waals surface area contributed by atoms with Crippen molar-refractivity contribution in [2.24, 2.45) is 5.41 Å². The SMILES string of the molecule is C=CC(C)(O)CC#C[C@H](O)[C@](C)(O)C1(C(=C)C)CC1. The number of hydrogen-bond acceptors (Lipinski definition) is 3. The fourth-order valence-corrected chi connectivity index (χ4v) is 2.29. The minimum absolute atomic E-state index is 0.170. The molecule has 1 aliphatic carbocycles. The Balaban J connectivity index is 2.79. The fourth-order valence-electron chi connectivity index (χ4n) is 2.29.